The fourth-order valence-corrected chi connectivity index (χ4v) is 5.07. The number of carboxylic acids is 1. The molecule has 0 unspecified atom stereocenters. The molecule has 1 amide bonds. The van der Waals surface area contributed by atoms with Crippen molar-refractivity contribution in [1.29, 1.82) is 0 Å². The van der Waals surface area contributed by atoms with Gasteiger partial charge in [-0.3, -0.25) is 9.59 Å². The lowest BCUT2D eigenvalue weighted by atomic mass is 10.0. The van der Waals surface area contributed by atoms with Crippen LogP contribution in [0.1, 0.15) is 48.0 Å². The number of aromatic nitrogens is 3. The number of carbonyl (C=O) groups is 2. The van der Waals surface area contributed by atoms with Crippen molar-refractivity contribution in [2.75, 3.05) is 6.54 Å². The first-order chi connectivity index (χ1) is 19.3. The van der Waals surface area contributed by atoms with Crippen LogP contribution < -0.4 is 10.1 Å². The third kappa shape index (κ3) is 6.13. The molecule has 0 aliphatic rings. The van der Waals surface area contributed by atoms with Crippen LogP contribution in [0.5, 0.6) is 11.8 Å². The number of aromatic amines is 1. The second kappa shape index (κ2) is 11.8. The number of aliphatic carboxylic acids is 1. The average Bonchev–Trinajstić information content (AvgIpc) is 3.49. The molecule has 0 aliphatic carbocycles. The van der Waals surface area contributed by atoms with E-state index in [1.807, 2.05) is 38.4 Å². The lowest BCUT2D eigenvalue weighted by Gasteiger charge is -2.10. The highest BCUT2D eigenvalue weighted by atomic mass is 35.5. The summed E-state index contributed by atoms with van der Waals surface area (Å²) in [7, 11) is 2.02. The van der Waals surface area contributed by atoms with E-state index in [0.29, 0.717) is 35.3 Å². The number of rotatable bonds is 11. The summed E-state index contributed by atoms with van der Waals surface area (Å²) in [6.07, 6.45) is 5.36. The molecule has 9 heteroatoms. The van der Waals surface area contributed by atoms with Crippen LogP contribution in [0.25, 0.3) is 33.1 Å². The Morgan fingerprint density at radius 3 is 2.70 bits per heavy atom. The van der Waals surface area contributed by atoms with E-state index in [2.05, 4.69) is 44.1 Å². The molecule has 3 N–H and O–H groups in total. The SMILES string of the molecule is Cc1ccc(Oc2nc3cc(-c4ccc5c(ccn5C)c4)c(Cl)cc3[nH]2)cc1C(=O)NCCCCCCC(=O)O. The maximum Gasteiger partial charge on any atom is 0.303 e. The molecule has 8 nitrogen and oxygen atoms in total. The van der Waals surface area contributed by atoms with E-state index in [-0.39, 0.29) is 12.3 Å². The Morgan fingerprint density at radius 1 is 1.05 bits per heavy atom. The summed E-state index contributed by atoms with van der Waals surface area (Å²) >= 11 is 6.66. The first kappa shape index (κ1) is 27.3. The first-order valence-electron chi connectivity index (χ1n) is 13.3. The minimum Gasteiger partial charge on any atom is -0.481 e. The number of ether oxygens (including phenoxy) is 1. The second-order valence-electron chi connectivity index (χ2n) is 9.98. The smallest absolute Gasteiger partial charge is 0.303 e. The zero-order valence-electron chi connectivity index (χ0n) is 22.5. The fraction of sp³-hybridized carbons (Fsp3) is 0.258. The van der Waals surface area contributed by atoms with Crippen LogP contribution in [0.15, 0.2) is 60.8 Å². The van der Waals surface area contributed by atoms with Gasteiger partial charge in [-0.05, 0) is 73.4 Å². The molecule has 0 radical (unpaired) electrons. The molecule has 0 saturated heterocycles. The number of carbonyl (C=O) groups excluding carboxylic acids is 1. The van der Waals surface area contributed by atoms with Gasteiger partial charge in [0.15, 0.2) is 0 Å². The normalized spacial score (nSPS) is 11.3. The molecule has 0 bridgehead atoms. The highest BCUT2D eigenvalue weighted by molar-refractivity contribution is 6.34. The predicted molar refractivity (Wildman–Crippen MR) is 157 cm³/mol. The average molecular weight is 559 g/mol. The molecule has 5 aromatic rings. The Kier molecular flexibility index (Phi) is 8.07. The Balaban J connectivity index is 1.27. The topological polar surface area (TPSA) is 109 Å². The molecule has 5 rings (SSSR count). The van der Waals surface area contributed by atoms with Crippen molar-refractivity contribution in [2.45, 2.75) is 39.0 Å². The van der Waals surface area contributed by atoms with Crippen molar-refractivity contribution in [1.82, 2.24) is 19.9 Å². The van der Waals surface area contributed by atoms with E-state index in [0.717, 1.165) is 57.9 Å². The third-order valence-corrected chi connectivity index (χ3v) is 7.33. The van der Waals surface area contributed by atoms with Gasteiger partial charge in [-0.25, -0.2) is 0 Å². The first-order valence-corrected chi connectivity index (χ1v) is 13.7. The summed E-state index contributed by atoms with van der Waals surface area (Å²) < 4.78 is 8.08. The van der Waals surface area contributed by atoms with Crippen LogP contribution in [-0.4, -0.2) is 38.1 Å². The zero-order chi connectivity index (χ0) is 28.2. The number of hydrogen-bond acceptors (Lipinski definition) is 4. The number of nitrogens with one attached hydrogen (secondary N) is 2. The predicted octanol–water partition coefficient (Wildman–Crippen LogP) is 7.24. The van der Waals surface area contributed by atoms with Gasteiger partial charge in [-0.1, -0.05) is 36.6 Å². The number of benzene rings is 3. The van der Waals surface area contributed by atoms with Crippen LogP contribution in [0.2, 0.25) is 5.02 Å². The second-order valence-corrected chi connectivity index (χ2v) is 10.4. The number of amides is 1. The van der Waals surface area contributed by atoms with E-state index in [1.165, 1.54) is 0 Å². The van der Waals surface area contributed by atoms with Crippen LogP contribution in [0.3, 0.4) is 0 Å². The van der Waals surface area contributed by atoms with Crippen molar-refractivity contribution >= 4 is 45.4 Å². The summed E-state index contributed by atoms with van der Waals surface area (Å²) in [6, 6.07) is 17.8. The van der Waals surface area contributed by atoms with Crippen molar-refractivity contribution in [3.8, 4) is 22.9 Å². The molecule has 0 fully saturated rings. The highest BCUT2D eigenvalue weighted by Crippen LogP contribution is 2.34. The summed E-state index contributed by atoms with van der Waals surface area (Å²) in [6.45, 7) is 2.41. The van der Waals surface area contributed by atoms with Crippen molar-refractivity contribution < 1.29 is 19.4 Å². The summed E-state index contributed by atoms with van der Waals surface area (Å²) in [5.74, 6) is -0.461. The van der Waals surface area contributed by atoms with Gasteiger partial charge in [-0.15, -0.1) is 0 Å². The van der Waals surface area contributed by atoms with Crippen molar-refractivity contribution in [3.63, 3.8) is 0 Å². The van der Waals surface area contributed by atoms with Gasteiger partial charge in [0.2, 0.25) is 0 Å². The number of unbranched alkanes of at least 4 members (excludes halogenated alkanes) is 3. The van der Waals surface area contributed by atoms with Gasteiger partial charge in [-0.2, -0.15) is 4.98 Å². The van der Waals surface area contributed by atoms with E-state index in [9.17, 15) is 9.59 Å². The number of imidazole rings is 1. The van der Waals surface area contributed by atoms with Crippen LogP contribution in [-0.2, 0) is 11.8 Å². The number of halogens is 1. The number of aryl methyl sites for hydroxylation is 2. The maximum atomic E-state index is 12.8. The summed E-state index contributed by atoms with van der Waals surface area (Å²) in [4.78, 5) is 31.2. The molecule has 0 aliphatic heterocycles. The molecular formula is C31H31ClN4O4. The van der Waals surface area contributed by atoms with Gasteiger partial charge < -0.3 is 24.7 Å². The fourth-order valence-electron chi connectivity index (χ4n) is 4.80. The molecule has 206 valence electrons. The number of H-pyrrole nitrogens is 1. The van der Waals surface area contributed by atoms with Gasteiger partial charge in [0.1, 0.15) is 5.75 Å². The molecule has 3 aromatic carbocycles. The Morgan fingerprint density at radius 2 is 1.88 bits per heavy atom. The Hall–Kier alpha value is -4.30. The van der Waals surface area contributed by atoms with Gasteiger partial charge in [0.25, 0.3) is 11.9 Å². The molecule has 40 heavy (non-hydrogen) atoms. The molecule has 0 saturated carbocycles. The zero-order valence-corrected chi connectivity index (χ0v) is 23.2. The minimum absolute atomic E-state index is 0.176. The number of nitrogens with zero attached hydrogens (tertiary/aromatic N) is 2. The lowest BCUT2D eigenvalue weighted by molar-refractivity contribution is -0.137. The van der Waals surface area contributed by atoms with E-state index in [1.54, 1.807) is 12.1 Å². The largest absolute Gasteiger partial charge is 0.481 e. The van der Waals surface area contributed by atoms with Crippen molar-refractivity contribution in [2.24, 2.45) is 7.05 Å². The maximum absolute atomic E-state index is 12.8. The molecular weight excluding hydrogens is 528 g/mol. The van der Waals surface area contributed by atoms with E-state index < -0.39 is 5.97 Å². The molecule has 2 aromatic heterocycles. The number of fused-ring (bicyclic) bond motifs is 2. The monoisotopic (exact) mass is 558 g/mol. The highest BCUT2D eigenvalue weighted by Gasteiger charge is 2.14. The van der Waals surface area contributed by atoms with Crippen molar-refractivity contribution in [3.05, 3.63) is 76.9 Å². The quantitative estimate of drug-likeness (QED) is 0.148. The summed E-state index contributed by atoms with van der Waals surface area (Å²) in [5, 5.41) is 13.4. The Bertz CT molecular complexity index is 1700. The minimum atomic E-state index is -0.775. The lowest BCUT2D eigenvalue weighted by Crippen LogP contribution is -2.25. The van der Waals surface area contributed by atoms with Crippen LogP contribution >= 0.6 is 11.6 Å². The molecule has 0 spiro atoms. The molecule has 2 heterocycles. The van der Waals surface area contributed by atoms with Gasteiger partial charge in [0, 0.05) is 48.2 Å². The molecule has 0 atom stereocenters. The van der Waals surface area contributed by atoms with Crippen LogP contribution in [0, 0.1) is 6.92 Å². The standard InChI is InChI=1S/C31H31ClN4O4/c1-19-8-10-22(16-23(19)30(39)33-13-6-4-3-5-7-29(37)38)40-31-34-26-17-24(25(32)18-27(26)35-31)20-9-11-28-21(15-20)12-14-36(28)2/h8-12,14-18H,3-7,13H2,1-2H3,(H,33,39)(H,34,35)(H,37,38). The van der Waals surface area contributed by atoms with E-state index >= 15 is 0 Å². The van der Waals surface area contributed by atoms with E-state index in [4.69, 9.17) is 21.4 Å². The number of carboxylic acid groups (broad SMARTS) is 1. The Labute approximate surface area is 236 Å². The van der Waals surface area contributed by atoms with Gasteiger partial charge >= 0.3 is 5.97 Å². The van der Waals surface area contributed by atoms with Crippen LogP contribution in [0.4, 0.5) is 0 Å². The third-order valence-electron chi connectivity index (χ3n) is 7.02. The summed E-state index contributed by atoms with van der Waals surface area (Å²) in [5.41, 5.74) is 5.87. The number of hydrogen-bond donors (Lipinski definition) is 3. The van der Waals surface area contributed by atoms with Gasteiger partial charge in [0.05, 0.1) is 16.1 Å².